The molecule has 12 heavy (non-hydrogen) atoms. The van der Waals surface area contributed by atoms with Gasteiger partial charge in [0.05, 0.1) is 6.04 Å². The van der Waals surface area contributed by atoms with Crippen molar-refractivity contribution in [3.63, 3.8) is 0 Å². The Morgan fingerprint density at radius 2 is 2.33 bits per heavy atom. The molecule has 1 aromatic heterocycles. The van der Waals surface area contributed by atoms with Gasteiger partial charge in [-0.05, 0) is 11.4 Å². The third kappa shape index (κ3) is 3.21. The van der Waals surface area contributed by atoms with Crippen LogP contribution in [0.4, 0.5) is 0 Å². The molecule has 0 saturated heterocycles. The summed E-state index contributed by atoms with van der Waals surface area (Å²) in [6, 6.07) is 3.31. The van der Waals surface area contributed by atoms with Crippen molar-refractivity contribution < 1.29 is 4.79 Å². The highest BCUT2D eigenvalue weighted by molar-refractivity contribution is 7.09. The summed E-state index contributed by atoms with van der Waals surface area (Å²) in [7, 11) is 0. The fraction of sp³-hybridized carbons (Fsp3) is 0.286. The van der Waals surface area contributed by atoms with Crippen LogP contribution in [0.1, 0.15) is 4.88 Å². The van der Waals surface area contributed by atoms with Crippen LogP contribution >= 0.6 is 23.7 Å². The van der Waals surface area contributed by atoms with Crippen molar-refractivity contribution in [2.75, 3.05) is 0 Å². The summed E-state index contributed by atoms with van der Waals surface area (Å²) < 4.78 is 0. The maximum atomic E-state index is 10.5. The number of thiophene rings is 1. The topological polar surface area (TPSA) is 69.1 Å². The molecular weight excluding hydrogens is 196 g/mol. The molecule has 68 valence electrons. The van der Waals surface area contributed by atoms with E-state index in [2.05, 4.69) is 0 Å². The van der Waals surface area contributed by atoms with Crippen LogP contribution in [0.5, 0.6) is 0 Å². The number of amides is 1. The molecule has 1 rings (SSSR count). The van der Waals surface area contributed by atoms with Gasteiger partial charge < -0.3 is 11.5 Å². The second-order valence-corrected chi connectivity index (χ2v) is 3.32. The lowest BCUT2D eigenvalue weighted by Crippen LogP contribution is -2.37. The van der Waals surface area contributed by atoms with Crippen molar-refractivity contribution in [1.29, 1.82) is 0 Å². The van der Waals surface area contributed by atoms with Gasteiger partial charge in [0.25, 0.3) is 0 Å². The van der Waals surface area contributed by atoms with E-state index in [0.29, 0.717) is 6.42 Å². The predicted molar refractivity (Wildman–Crippen MR) is 52.4 cm³/mol. The molecule has 1 aromatic rings. The van der Waals surface area contributed by atoms with E-state index in [9.17, 15) is 4.79 Å². The van der Waals surface area contributed by atoms with Gasteiger partial charge in [0.2, 0.25) is 5.91 Å². The minimum Gasteiger partial charge on any atom is -0.368 e. The van der Waals surface area contributed by atoms with Crippen LogP contribution < -0.4 is 11.5 Å². The standard InChI is InChI=1S/C7H10N2OS.ClH/c8-6(7(9)10)4-5-2-1-3-11-5;/h1-3,6H,4,8H2,(H2,9,10);1H. The van der Waals surface area contributed by atoms with Crippen LogP contribution in [-0.2, 0) is 11.2 Å². The molecule has 0 saturated carbocycles. The molecule has 0 aliphatic rings. The van der Waals surface area contributed by atoms with Gasteiger partial charge in [0, 0.05) is 11.3 Å². The Balaban J connectivity index is 0.00000121. The zero-order chi connectivity index (χ0) is 8.27. The molecule has 1 amide bonds. The van der Waals surface area contributed by atoms with E-state index < -0.39 is 11.9 Å². The molecule has 1 unspecified atom stereocenters. The molecule has 0 aliphatic carbocycles. The maximum Gasteiger partial charge on any atom is 0.234 e. The van der Waals surface area contributed by atoms with Crippen LogP contribution in [0.15, 0.2) is 17.5 Å². The Kier molecular flexibility index (Phi) is 4.89. The third-order valence-electron chi connectivity index (χ3n) is 1.37. The lowest BCUT2D eigenvalue weighted by atomic mass is 10.2. The first-order valence-corrected chi connectivity index (χ1v) is 4.15. The van der Waals surface area contributed by atoms with E-state index in [1.807, 2.05) is 17.5 Å². The number of hydrogen-bond donors (Lipinski definition) is 2. The summed E-state index contributed by atoms with van der Waals surface area (Å²) in [5, 5.41) is 1.95. The van der Waals surface area contributed by atoms with Crippen molar-refractivity contribution >= 4 is 29.7 Å². The van der Waals surface area contributed by atoms with Gasteiger partial charge in [0.1, 0.15) is 0 Å². The summed E-state index contributed by atoms with van der Waals surface area (Å²) in [6.45, 7) is 0. The minimum absolute atomic E-state index is 0. The maximum absolute atomic E-state index is 10.5. The summed E-state index contributed by atoms with van der Waals surface area (Å²) >= 11 is 1.58. The van der Waals surface area contributed by atoms with E-state index in [1.165, 1.54) is 0 Å². The molecule has 1 heterocycles. The van der Waals surface area contributed by atoms with Crippen molar-refractivity contribution in [1.82, 2.24) is 0 Å². The lowest BCUT2D eigenvalue weighted by molar-refractivity contribution is -0.119. The molecule has 0 aromatic carbocycles. The Bertz CT molecular complexity index is 238. The Labute approximate surface area is 81.2 Å². The quantitative estimate of drug-likeness (QED) is 0.758. The van der Waals surface area contributed by atoms with Crippen molar-refractivity contribution in [2.24, 2.45) is 11.5 Å². The van der Waals surface area contributed by atoms with Crippen molar-refractivity contribution in [3.8, 4) is 0 Å². The second-order valence-electron chi connectivity index (χ2n) is 2.29. The first kappa shape index (κ1) is 11.4. The van der Waals surface area contributed by atoms with Gasteiger partial charge in [-0.1, -0.05) is 6.07 Å². The summed E-state index contributed by atoms with van der Waals surface area (Å²) in [5.41, 5.74) is 10.4. The van der Waals surface area contributed by atoms with Gasteiger partial charge in [-0.25, -0.2) is 0 Å². The monoisotopic (exact) mass is 206 g/mol. The molecule has 5 heteroatoms. The highest BCUT2D eigenvalue weighted by atomic mass is 35.5. The molecule has 1 atom stereocenters. The Morgan fingerprint density at radius 1 is 1.67 bits per heavy atom. The molecule has 0 radical (unpaired) electrons. The zero-order valence-electron chi connectivity index (χ0n) is 6.40. The van der Waals surface area contributed by atoms with Gasteiger partial charge in [0.15, 0.2) is 0 Å². The fourth-order valence-electron chi connectivity index (χ4n) is 0.746. The number of carbonyl (C=O) groups is 1. The number of nitrogens with two attached hydrogens (primary N) is 2. The first-order chi connectivity index (χ1) is 5.20. The van der Waals surface area contributed by atoms with Crippen LogP contribution in [0.3, 0.4) is 0 Å². The average molecular weight is 207 g/mol. The van der Waals surface area contributed by atoms with E-state index >= 15 is 0 Å². The first-order valence-electron chi connectivity index (χ1n) is 3.27. The summed E-state index contributed by atoms with van der Waals surface area (Å²) in [4.78, 5) is 11.6. The highest BCUT2D eigenvalue weighted by Crippen LogP contribution is 2.09. The third-order valence-corrected chi connectivity index (χ3v) is 2.27. The highest BCUT2D eigenvalue weighted by Gasteiger charge is 2.09. The molecule has 4 N–H and O–H groups in total. The number of rotatable bonds is 3. The normalized spacial score (nSPS) is 11.8. The zero-order valence-corrected chi connectivity index (χ0v) is 8.03. The lowest BCUT2D eigenvalue weighted by Gasteiger charge is -2.03. The van der Waals surface area contributed by atoms with Crippen LogP contribution in [0, 0.1) is 0 Å². The van der Waals surface area contributed by atoms with Crippen molar-refractivity contribution in [3.05, 3.63) is 22.4 Å². The van der Waals surface area contributed by atoms with Crippen molar-refractivity contribution in [2.45, 2.75) is 12.5 Å². The number of carbonyl (C=O) groups excluding carboxylic acids is 1. The predicted octanol–water partition coefficient (Wildman–Crippen LogP) is 0.525. The van der Waals surface area contributed by atoms with E-state index in [4.69, 9.17) is 11.5 Å². The Hall–Kier alpha value is -0.580. The van der Waals surface area contributed by atoms with E-state index in [-0.39, 0.29) is 12.4 Å². The molecule has 3 nitrogen and oxygen atoms in total. The molecular formula is C7H11ClN2OS. The van der Waals surface area contributed by atoms with Gasteiger partial charge in [-0.3, -0.25) is 4.79 Å². The smallest absolute Gasteiger partial charge is 0.234 e. The van der Waals surface area contributed by atoms with Crippen LogP contribution in [0.25, 0.3) is 0 Å². The molecule has 0 bridgehead atoms. The average Bonchev–Trinajstić information content (AvgIpc) is 2.39. The molecule has 0 aliphatic heterocycles. The molecule has 0 spiro atoms. The number of halogens is 1. The summed E-state index contributed by atoms with van der Waals surface area (Å²) in [5.74, 6) is -0.446. The molecule has 0 fully saturated rings. The van der Waals surface area contributed by atoms with Crippen LogP contribution in [0.2, 0.25) is 0 Å². The summed E-state index contributed by atoms with van der Waals surface area (Å²) in [6.07, 6.45) is 0.549. The van der Waals surface area contributed by atoms with Gasteiger partial charge in [-0.2, -0.15) is 0 Å². The minimum atomic E-state index is -0.548. The largest absolute Gasteiger partial charge is 0.368 e. The Morgan fingerprint density at radius 3 is 2.75 bits per heavy atom. The number of primary amides is 1. The van der Waals surface area contributed by atoms with Gasteiger partial charge in [-0.15, -0.1) is 23.7 Å². The van der Waals surface area contributed by atoms with Gasteiger partial charge >= 0.3 is 0 Å². The van der Waals surface area contributed by atoms with E-state index in [0.717, 1.165) is 4.88 Å². The van der Waals surface area contributed by atoms with Crippen LogP contribution in [-0.4, -0.2) is 11.9 Å². The second kappa shape index (κ2) is 5.13. The van der Waals surface area contributed by atoms with E-state index in [1.54, 1.807) is 11.3 Å². The number of hydrogen-bond acceptors (Lipinski definition) is 3. The SMILES string of the molecule is Cl.NC(=O)C(N)Cc1cccs1. The fourth-order valence-corrected chi connectivity index (χ4v) is 1.51.